The topological polar surface area (TPSA) is 0 Å². The molecule has 52 heavy (non-hydrogen) atoms. The molecular formula is C42H42Cl2F6SiZr. The SMILES string of the molecule is CCCCc1cc2c(-c3ccccc3C(F)(F)F)cccc2[cH-]1.CCCCc1cc2c(-c3ccccc3C(F)(F)F)cccc2[cH-]1.C[Si]C.[Cl][Zr+2][Cl]. The van der Waals surface area contributed by atoms with Gasteiger partial charge in [-0.1, -0.05) is 112 Å². The van der Waals surface area contributed by atoms with Crippen LogP contribution in [0.1, 0.15) is 61.8 Å². The molecule has 10 heteroatoms. The summed E-state index contributed by atoms with van der Waals surface area (Å²) in [6.07, 6.45) is -2.39. The van der Waals surface area contributed by atoms with E-state index in [1.807, 2.05) is 36.4 Å². The maximum atomic E-state index is 13.3. The van der Waals surface area contributed by atoms with Crippen LogP contribution >= 0.6 is 17.0 Å². The second kappa shape index (κ2) is 21.3. The van der Waals surface area contributed by atoms with Crippen LogP contribution < -0.4 is 0 Å². The van der Waals surface area contributed by atoms with E-state index in [9.17, 15) is 26.3 Å². The molecule has 0 N–H and O–H groups in total. The van der Waals surface area contributed by atoms with Gasteiger partial charge in [-0.25, -0.2) is 0 Å². The van der Waals surface area contributed by atoms with Gasteiger partial charge < -0.3 is 0 Å². The van der Waals surface area contributed by atoms with Gasteiger partial charge in [0.25, 0.3) is 0 Å². The Kier molecular flexibility index (Phi) is 17.9. The van der Waals surface area contributed by atoms with Crippen LogP contribution in [-0.2, 0) is 46.0 Å². The van der Waals surface area contributed by atoms with E-state index < -0.39 is 44.3 Å². The molecule has 0 unspecified atom stereocenters. The third kappa shape index (κ3) is 12.2. The third-order valence-electron chi connectivity index (χ3n) is 8.30. The average molecular weight is 851 g/mol. The zero-order valence-electron chi connectivity index (χ0n) is 29.7. The number of alkyl halides is 6. The Morgan fingerprint density at radius 1 is 0.558 bits per heavy atom. The number of benzene rings is 4. The molecule has 0 saturated carbocycles. The molecule has 0 saturated heterocycles. The number of hydrogen-bond donors (Lipinski definition) is 0. The molecule has 0 bridgehead atoms. The number of aryl methyl sites for hydroxylation is 2. The van der Waals surface area contributed by atoms with Crippen LogP contribution in [0.4, 0.5) is 26.3 Å². The molecule has 0 fully saturated rings. The number of fused-ring (bicyclic) bond motifs is 2. The fourth-order valence-corrected chi connectivity index (χ4v) is 6.04. The summed E-state index contributed by atoms with van der Waals surface area (Å²) >= 11 is -0.826. The van der Waals surface area contributed by atoms with Gasteiger partial charge in [-0.15, -0.1) is 69.1 Å². The van der Waals surface area contributed by atoms with Gasteiger partial charge in [0.15, 0.2) is 0 Å². The fraction of sp³-hybridized carbons (Fsp3) is 0.286. The summed E-state index contributed by atoms with van der Waals surface area (Å²) in [5.41, 5.74) is 3.03. The number of hydrogen-bond acceptors (Lipinski definition) is 0. The first-order valence-electron chi connectivity index (χ1n) is 17.1. The van der Waals surface area contributed by atoms with E-state index in [2.05, 4.69) is 39.1 Å². The molecule has 0 aliphatic carbocycles. The van der Waals surface area contributed by atoms with Crippen LogP contribution in [0.2, 0.25) is 13.1 Å². The zero-order chi connectivity index (χ0) is 38.3. The first-order chi connectivity index (χ1) is 24.8. The second-order valence-electron chi connectivity index (χ2n) is 12.2. The summed E-state index contributed by atoms with van der Waals surface area (Å²) < 4.78 is 79.8. The molecule has 0 nitrogen and oxygen atoms in total. The quantitative estimate of drug-likeness (QED) is 0.0813. The van der Waals surface area contributed by atoms with Crippen molar-refractivity contribution in [1.82, 2.24) is 0 Å². The van der Waals surface area contributed by atoms with Crippen LogP contribution in [0.5, 0.6) is 0 Å². The van der Waals surface area contributed by atoms with Crippen molar-refractivity contribution in [3.05, 3.63) is 131 Å². The van der Waals surface area contributed by atoms with E-state index in [1.165, 1.54) is 23.3 Å². The molecule has 0 aliphatic heterocycles. The molecule has 6 aromatic rings. The van der Waals surface area contributed by atoms with E-state index in [4.69, 9.17) is 17.0 Å². The van der Waals surface area contributed by atoms with Crippen LogP contribution in [0.25, 0.3) is 43.8 Å². The van der Waals surface area contributed by atoms with Crippen LogP contribution in [0.3, 0.4) is 0 Å². The van der Waals surface area contributed by atoms with E-state index in [-0.39, 0.29) is 11.1 Å². The fourth-order valence-electron chi connectivity index (χ4n) is 6.04. The molecular weight excluding hydrogens is 809 g/mol. The summed E-state index contributed by atoms with van der Waals surface area (Å²) in [7, 11) is 11.0. The van der Waals surface area contributed by atoms with Crippen LogP contribution in [0, 0.1) is 0 Å². The van der Waals surface area contributed by atoms with Crippen molar-refractivity contribution >= 4 is 48.1 Å². The van der Waals surface area contributed by atoms with Crippen molar-refractivity contribution in [1.29, 1.82) is 0 Å². The molecule has 6 aromatic carbocycles. The van der Waals surface area contributed by atoms with Crippen LogP contribution in [-0.4, -0.2) is 9.52 Å². The number of rotatable bonds is 8. The van der Waals surface area contributed by atoms with Crippen LogP contribution in [0.15, 0.2) is 109 Å². The van der Waals surface area contributed by atoms with Gasteiger partial charge in [-0.3, -0.25) is 0 Å². The number of unbranched alkanes of at least 4 members (excludes halogenated alkanes) is 2. The van der Waals surface area contributed by atoms with Crippen molar-refractivity contribution in [2.24, 2.45) is 0 Å². The Morgan fingerprint density at radius 2 is 0.885 bits per heavy atom. The molecule has 0 aliphatic rings. The Labute approximate surface area is 324 Å². The van der Waals surface area contributed by atoms with E-state index in [0.29, 0.717) is 11.1 Å². The van der Waals surface area contributed by atoms with Crippen molar-refractivity contribution in [3.63, 3.8) is 0 Å². The second-order valence-corrected chi connectivity index (χ2v) is 16.9. The van der Waals surface area contributed by atoms with Gasteiger partial charge in [0.2, 0.25) is 0 Å². The molecule has 0 heterocycles. The Bertz CT molecular complexity index is 1820. The first-order valence-corrected chi connectivity index (χ1v) is 25.4. The van der Waals surface area contributed by atoms with E-state index in [0.717, 1.165) is 81.7 Å². The predicted molar refractivity (Wildman–Crippen MR) is 206 cm³/mol. The molecule has 6 rings (SSSR count). The van der Waals surface area contributed by atoms with Crippen molar-refractivity contribution in [2.75, 3.05) is 0 Å². The van der Waals surface area contributed by atoms with Gasteiger partial charge in [-0.05, 0) is 36.1 Å². The molecule has 0 aromatic heterocycles. The van der Waals surface area contributed by atoms with Gasteiger partial charge in [0.1, 0.15) is 0 Å². The monoisotopic (exact) mass is 848 g/mol. The number of halogens is 8. The summed E-state index contributed by atoms with van der Waals surface area (Å²) in [4.78, 5) is 0. The van der Waals surface area contributed by atoms with E-state index >= 15 is 0 Å². The predicted octanol–water partition coefficient (Wildman–Crippen LogP) is 15.3. The molecule has 2 radical (unpaired) electrons. The van der Waals surface area contributed by atoms with Gasteiger partial charge in [0, 0.05) is 9.52 Å². The minimum atomic E-state index is -4.35. The van der Waals surface area contributed by atoms with E-state index in [1.54, 1.807) is 36.4 Å². The summed E-state index contributed by atoms with van der Waals surface area (Å²) in [6, 6.07) is 31.0. The molecule has 0 atom stereocenters. The Balaban J connectivity index is 0.000000244. The summed E-state index contributed by atoms with van der Waals surface area (Å²) in [5, 5.41) is 3.81. The summed E-state index contributed by atoms with van der Waals surface area (Å²) in [6.45, 7) is 8.57. The van der Waals surface area contributed by atoms with Gasteiger partial charge in [-0.2, -0.15) is 38.5 Å². The molecule has 0 amide bonds. The third-order valence-corrected chi connectivity index (χ3v) is 8.30. The first kappa shape index (κ1) is 43.8. The van der Waals surface area contributed by atoms with Crippen molar-refractivity contribution < 1.29 is 47.2 Å². The normalized spacial score (nSPS) is 11.2. The summed E-state index contributed by atoms with van der Waals surface area (Å²) in [5.74, 6) is 0. The maximum absolute atomic E-state index is 13.3. The average Bonchev–Trinajstić information content (AvgIpc) is 3.74. The zero-order valence-corrected chi connectivity index (χ0v) is 34.6. The molecule has 0 spiro atoms. The standard InChI is InChI=1S/2C20H18F3.C2H6Si.2ClH.Zr/c2*1-2-3-7-14-12-15-8-6-10-16(18(15)13-14)17-9-4-5-11-19(17)20(21,22)23;1-3-2;;;/h2*4-6,8-13H,2-3,7H2,1H3;1-2H3;2*1H;/q2*-1;;;;+4/p-2. The molecule has 274 valence electrons. The van der Waals surface area contributed by atoms with Gasteiger partial charge in [0.05, 0.1) is 11.1 Å². The Hall–Kier alpha value is -2.64. The minimum absolute atomic E-state index is 0.248. The van der Waals surface area contributed by atoms with Crippen molar-refractivity contribution in [3.8, 4) is 22.3 Å². The van der Waals surface area contributed by atoms with Gasteiger partial charge >= 0.3 is 50.2 Å². The Morgan fingerprint density at radius 3 is 1.21 bits per heavy atom. The van der Waals surface area contributed by atoms with Crippen molar-refractivity contribution in [2.45, 2.75) is 77.8 Å².